The molecule has 0 aliphatic carbocycles. The summed E-state index contributed by atoms with van der Waals surface area (Å²) >= 11 is 3.56. The second-order valence-electron chi connectivity index (χ2n) is 3.76. The zero-order chi connectivity index (χ0) is 10.9. The maximum atomic E-state index is 3.56. The van der Waals surface area contributed by atoms with Crippen molar-refractivity contribution in [2.75, 3.05) is 0 Å². The summed E-state index contributed by atoms with van der Waals surface area (Å²) in [5.74, 6) is 0. The highest BCUT2D eigenvalue weighted by molar-refractivity contribution is 9.10. The topological polar surface area (TPSA) is 0 Å². The van der Waals surface area contributed by atoms with Gasteiger partial charge in [-0.15, -0.1) is 0 Å². The molecule has 1 heteroatoms. The normalized spacial score (nSPS) is 11.1. The summed E-state index contributed by atoms with van der Waals surface area (Å²) in [7, 11) is 0. The Labute approximate surface area is 102 Å². The molecular weight excluding hydrogens is 248 g/mol. The third kappa shape index (κ3) is 5.17. The molecule has 1 aromatic carbocycles. The number of rotatable bonds is 6. The van der Waals surface area contributed by atoms with Crippen LogP contribution in [0, 0.1) is 0 Å². The second-order valence-corrected chi connectivity index (χ2v) is 4.62. The lowest BCUT2D eigenvalue weighted by Gasteiger charge is -1.99. The number of unbranched alkanes of at least 4 members (excludes halogenated alkanes) is 3. The van der Waals surface area contributed by atoms with Crippen molar-refractivity contribution in [3.8, 4) is 0 Å². The van der Waals surface area contributed by atoms with Crippen LogP contribution in [0.2, 0.25) is 0 Å². The molecule has 0 aliphatic heterocycles. The molecule has 1 aromatic rings. The van der Waals surface area contributed by atoms with Crippen LogP contribution >= 0.6 is 15.9 Å². The van der Waals surface area contributed by atoms with E-state index in [2.05, 4.69) is 59.3 Å². The van der Waals surface area contributed by atoms with Crippen molar-refractivity contribution in [3.63, 3.8) is 0 Å². The molecule has 0 spiro atoms. The van der Waals surface area contributed by atoms with Crippen LogP contribution in [-0.2, 0) is 6.42 Å². The Hall–Kier alpha value is -0.560. The number of allylic oxidation sites excluding steroid dienone is 2. The highest BCUT2D eigenvalue weighted by atomic mass is 79.9. The first-order valence-corrected chi connectivity index (χ1v) is 6.52. The number of hydrogen-bond acceptors (Lipinski definition) is 0. The van der Waals surface area contributed by atoms with Gasteiger partial charge in [-0.1, -0.05) is 66.0 Å². The molecule has 0 bridgehead atoms. The van der Waals surface area contributed by atoms with Gasteiger partial charge in [-0.2, -0.15) is 0 Å². The summed E-state index contributed by atoms with van der Waals surface area (Å²) in [5, 5.41) is 0. The largest absolute Gasteiger partial charge is 0.0882 e. The van der Waals surface area contributed by atoms with Gasteiger partial charge in [0.05, 0.1) is 0 Å². The predicted octanol–water partition coefficient (Wildman–Crippen LogP) is 5.13. The molecule has 0 unspecified atom stereocenters. The fourth-order valence-corrected chi connectivity index (χ4v) is 1.95. The molecule has 15 heavy (non-hydrogen) atoms. The highest BCUT2D eigenvalue weighted by Gasteiger charge is 1.94. The first-order chi connectivity index (χ1) is 7.34. The van der Waals surface area contributed by atoms with E-state index >= 15 is 0 Å². The lowest BCUT2D eigenvalue weighted by atomic mass is 10.1. The van der Waals surface area contributed by atoms with Crippen molar-refractivity contribution in [1.82, 2.24) is 0 Å². The van der Waals surface area contributed by atoms with E-state index in [4.69, 9.17) is 0 Å². The van der Waals surface area contributed by atoms with Gasteiger partial charge in [0.1, 0.15) is 0 Å². The Morgan fingerprint density at radius 3 is 2.67 bits per heavy atom. The van der Waals surface area contributed by atoms with Crippen LogP contribution in [0.25, 0.3) is 0 Å². The minimum Gasteiger partial charge on any atom is -0.0882 e. The van der Waals surface area contributed by atoms with Crippen LogP contribution in [-0.4, -0.2) is 0 Å². The van der Waals surface area contributed by atoms with Gasteiger partial charge in [0.25, 0.3) is 0 Å². The maximum absolute atomic E-state index is 3.56. The Bertz CT molecular complexity index is 302. The lowest BCUT2D eigenvalue weighted by Crippen LogP contribution is -1.82. The smallest absolute Gasteiger partial charge is 0.0210 e. The summed E-state index contributed by atoms with van der Waals surface area (Å²) in [6, 6.07) is 8.41. The highest BCUT2D eigenvalue weighted by Crippen LogP contribution is 2.16. The van der Waals surface area contributed by atoms with Crippen molar-refractivity contribution >= 4 is 15.9 Å². The first-order valence-electron chi connectivity index (χ1n) is 5.73. The summed E-state index contributed by atoms with van der Waals surface area (Å²) in [6.07, 6.45) is 10.8. The van der Waals surface area contributed by atoms with Crippen molar-refractivity contribution in [2.45, 2.75) is 39.0 Å². The van der Waals surface area contributed by atoms with Gasteiger partial charge in [-0.3, -0.25) is 0 Å². The first kappa shape index (κ1) is 12.5. The molecule has 0 aromatic heterocycles. The van der Waals surface area contributed by atoms with Crippen LogP contribution in [0.1, 0.15) is 38.2 Å². The zero-order valence-corrected chi connectivity index (χ0v) is 11.0. The van der Waals surface area contributed by atoms with Gasteiger partial charge in [0, 0.05) is 4.47 Å². The molecular formula is C14H19Br. The fraction of sp³-hybridized carbons (Fsp3) is 0.429. The quantitative estimate of drug-likeness (QED) is 0.495. The molecule has 0 aliphatic rings. The number of hydrogen-bond donors (Lipinski definition) is 0. The van der Waals surface area contributed by atoms with Crippen LogP contribution in [0.5, 0.6) is 0 Å². The Balaban J connectivity index is 2.28. The fourth-order valence-electron chi connectivity index (χ4n) is 1.50. The molecule has 0 saturated carbocycles. The molecule has 0 fully saturated rings. The molecule has 0 radical (unpaired) electrons. The summed E-state index contributed by atoms with van der Waals surface area (Å²) in [4.78, 5) is 0. The van der Waals surface area contributed by atoms with E-state index in [0.29, 0.717) is 0 Å². The SMILES string of the molecule is CCCCC/C=C/Cc1ccccc1Br. The van der Waals surface area contributed by atoms with Crippen LogP contribution in [0.3, 0.4) is 0 Å². The van der Waals surface area contributed by atoms with E-state index in [9.17, 15) is 0 Å². The van der Waals surface area contributed by atoms with E-state index < -0.39 is 0 Å². The van der Waals surface area contributed by atoms with Crippen LogP contribution < -0.4 is 0 Å². The Morgan fingerprint density at radius 2 is 1.93 bits per heavy atom. The average Bonchev–Trinajstić information content (AvgIpc) is 2.25. The summed E-state index contributed by atoms with van der Waals surface area (Å²) < 4.78 is 1.21. The van der Waals surface area contributed by atoms with Crippen molar-refractivity contribution < 1.29 is 0 Å². The monoisotopic (exact) mass is 266 g/mol. The van der Waals surface area contributed by atoms with E-state index in [0.717, 1.165) is 6.42 Å². The Morgan fingerprint density at radius 1 is 1.13 bits per heavy atom. The molecule has 0 amide bonds. The zero-order valence-electron chi connectivity index (χ0n) is 9.38. The predicted molar refractivity (Wildman–Crippen MR) is 71.1 cm³/mol. The molecule has 0 heterocycles. The van der Waals surface area contributed by atoms with E-state index in [1.807, 2.05) is 0 Å². The molecule has 82 valence electrons. The van der Waals surface area contributed by atoms with Gasteiger partial charge in [0.15, 0.2) is 0 Å². The van der Waals surface area contributed by atoms with Crippen molar-refractivity contribution in [1.29, 1.82) is 0 Å². The molecule has 1 rings (SSSR count). The molecule has 0 saturated heterocycles. The third-order valence-corrected chi connectivity index (χ3v) is 3.21. The molecule has 0 N–H and O–H groups in total. The lowest BCUT2D eigenvalue weighted by molar-refractivity contribution is 0.728. The van der Waals surface area contributed by atoms with Crippen molar-refractivity contribution in [2.24, 2.45) is 0 Å². The minimum atomic E-state index is 1.04. The van der Waals surface area contributed by atoms with Crippen LogP contribution in [0.4, 0.5) is 0 Å². The van der Waals surface area contributed by atoms with E-state index in [-0.39, 0.29) is 0 Å². The standard InChI is InChI=1S/C14H19Br/c1-2-3-4-5-6-7-10-13-11-8-9-12-14(13)15/h6-9,11-12H,2-5,10H2,1H3/b7-6+. The number of benzene rings is 1. The average molecular weight is 267 g/mol. The maximum Gasteiger partial charge on any atom is 0.0210 e. The van der Waals surface area contributed by atoms with E-state index in [1.165, 1.54) is 35.7 Å². The minimum absolute atomic E-state index is 1.04. The van der Waals surface area contributed by atoms with Gasteiger partial charge >= 0.3 is 0 Å². The van der Waals surface area contributed by atoms with Gasteiger partial charge < -0.3 is 0 Å². The summed E-state index contributed by atoms with van der Waals surface area (Å²) in [6.45, 7) is 2.24. The number of halogens is 1. The molecule has 0 atom stereocenters. The Kier molecular flexibility index (Phi) is 6.42. The summed E-state index contributed by atoms with van der Waals surface area (Å²) in [5.41, 5.74) is 1.37. The van der Waals surface area contributed by atoms with Crippen molar-refractivity contribution in [3.05, 3.63) is 46.5 Å². The van der Waals surface area contributed by atoms with Crippen LogP contribution in [0.15, 0.2) is 40.9 Å². The molecule has 0 nitrogen and oxygen atoms in total. The third-order valence-electron chi connectivity index (χ3n) is 2.44. The van der Waals surface area contributed by atoms with Gasteiger partial charge in [-0.25, -0.2) is 0 Å². The van der Waals surface area contributed by atoms with Gasteiger partial charge in [0.2, 0.25) is 0 Å². The van der Waals surface area contributed by atoms with E-state index in [1.54, 1.807) is 0 Å². The second kappa shape index (κ2) is 7.70. The van der Waals surface area contributed by atoms with Gasteiger partial charge in [-0.05, 0) is 30.9 Å².